The van der Waals surface area contributed by atoms with E-state index in [0.29, 0.717) is 6.04 Å². The summed E-state index contributed by atoms with van der Waals surface area (Å²) in [7, 11) is 1.89. The van der Waals surface area contributed by atoms with Crippen LogP contribution >= 0.6 is 24.0 Å². The lowest BCUT2D eigenvalue weighted by Crippen LogP contribution is -2.54. The van der Waals surface area contributed by atoms with E-state index >= 15 is 0 Å². The second-order valence-corrected chi connectivity index (χ2v) is 7.40. The summed E-state index contributed by atoms with van der Waals surface area (Å²) in [6.07, 6.45) is 3.98. The number of likely N-dealkylation sites (N-methyl/N-ethyl adjacent to an activating group) is 1. The predicted molar refractivity (Wildman–Crippen MR) is 120 cm³/mol. The number of piperazine rings is 1. The van der Waals surface area contributed by atoms with Gasteiger partial charge in [0.25, 0.3) is 0 Å². The zero-order valence-electron chi connectivity index (χ0n) is 17.0. The molecule has 7 nitrogen and oxygen atoms in total. The van der Waals surface area contributed by atoms with E-state index < -0.39 is 0 Å². The summed E-state index contributed by atoms with van der Waals surface area (Å²) in [5.74, 6) is 1.93. The van der Waals surface area contributed by atoms with Gasteiger partial charge in [0, 0.05) is 58.4 Å². The Morgan fingerprint density at radius 3 is 2.67 bits per heavy atom. The first kappa shape index (κ1) is 22.4. The van der Waals surface area contributed by atoms with Gasteiger partial charge in [-0.25, -0.2) is 0 Å². The predicted octanol–water partition coefficient (Wildman–Crippen LogP) is 2.17. The molecule has 2 fully saturated rings. The third-order valence-electron chi connectivity index (χ3n) is 5.60. The van der Waals surface area contributed by atoms with Gasteiger partial charge in [0.1, 0.15) is 5.76 Å². The van der Waals surface area contributed by atoms with E-state index in [4.69, 9.17) is 4.52 Å². The number of aliphatic imine (C=N–C) groups is 1. The van der Waals surface area contributed by atoms with Crippen LogP contribution in [0.5, 0.6) is 0 Å². The molecule has 1 atom stereocenters. The van der Waals surface area contributed by atoms with Gasteiger partial charge in [-0.3, -0.25) is 14.8 Å². The fourth-order valence-electron chi connectivity index (χ4n) is 4.09. The van der Waals surface area contributed by atoms with Crippen molar-refractivity contribution in [3.8, 4) is 0 Å². The molecular weight excluding hydrogens is 455 g/mol. The first-order valence-corrected chi connectivity index (χ1v) is 10.0. The van der Waals surface area contributed by atoms with Crippen LogP contribution in [-0.4, -0.2) is 84.7 Å². The molecule has 1 unspecified atom stereocenters. The number of guanidine groups is 1. The van der Waals surface area contributed by atoms with E-state index in [0.717, 1.165) is 63.2 Å². The highest BCUT2D eigenvalue weighted by molar-refractivity contribution is 14.0. The van der Waals surface area contributed by atoms with E-state index in [1.54, 1.807) is 0 Å². The molecule has 2 aliphatic rings. The number of hydrogen-bond acceptors (Lipinski definition) is 5. The van der Waals surface area contributed by atoms with Crippen LogP contribution in [0.1, 0.15) is 37.6 Å². The minimum atomic E-state index is 0. The van der Waals surface area contributed by atoms with Crippen LogP contribution in [0.25, 0.3) is 0 Å². The van der Waals surface area contributed by atoms with Crippen molar-refractivity contribution in [3.63, 3.8) is 0 Å². The van der Waals surface area contributed by atoms with Crippen molar-refractivity contribution in [2.75, 3.05) is 52.9 Å². The zero-order chi connectivity index (χ0) is 18.4. The Labute approximate surface area is 180 Å². The van der Waals surface area contributed by atoms with E-state index in [2.05, 4.69) is 37.1 Å². The van der Waals surface area contributed by atoms with Crippen molar-refractivity contribution < 1.29 is 4.52 Å². The Morgan fingerprint density at radius 2 is 2.04 bits per heavy atom. The topological polar surface area (TPSA) is 60.1 Å². The maximum Gasteiger partial charge on any atom is 0.193 e. The first-order valence-electron chi connectivity index (χ1n) is 10.0. The molecule has 1 N–H and O–H groups in total. The molecule has 1 aromatic heterocycles. The standard InChI is InChI=1S/C19H34N6O.HI/c1-4-24-8-6-5-7-18(24)14-21-19(20-3)25-11-9-23(10-12-25)15-17-13-16(2)26-22-17;/h13,18H,4-12,14-15H2,1-3H3,(H,20,21);1H. The first-order chi connectivity index (χ1) is 12.7. The number of aryl methyl sites for hydroxylation is 1. The summed E-state index contributed by atoms with van der Waals surface area (Å²) < 4.78 is 5.17. The van der Waals surface area contributed by atoms with Gasteiger partial charge in [0.2, 0.25) is 0 Å². The lowest BCUT2D eigenvalue weighted by atomic mass is 10.0. The fraction of sp³-hybridized carbons (Fsp3) is 0.789. The molecule has 3 rings (SSSR count). The van der Waals surface area contributed by atoms with Crippen molar-refractivity contribution in [1.29, 1.82) is 0 Å². The number of likely N-dealkylation sites (tertiary alicyclic amines) is 1. The normalized spacial score (nSPS) is 22.6. The van der Waals surface area contributed by atoms with E-state index in [9.17, 15) is 0 Å². The van der Waals surface area contributed by atoms with Crippen molar-refractivity contribution in [3.05, 3.63) is 17.5 Å². The van der Waals surface area contributed by atoms with Crippen molar-refractivity contribution >= 4 is 29.9 Å². The lowest BCUT2D eigenvalue weighted by Gasteiger charge is -2.38. The molecule has 2 saturated heterocycles. The number of nitrogens with zero attached hydrogens (tertiary/aromatic N) is 5. The number of aromatic nitrogens is 1. The van der Waals surface area contributed by atoms with Gasteiger partial charge in [-0.2, -0.15) is 0 Å². The number of nitrogens with one attached hydrogen (secondary N) is 1. The summed E-state index contributed by atoms with van der Waals surface area (Å²) in [4.78, 5) is 11.9. The molecule has 0 bridgehead atoms. The molecule has 0 amide bonds. The van der Waals surface area contributed by atoms with Crippen LogP contribution in [0.4, 0.5) is 0 Å². The monoisotopic (exact) mass is 490 g/mol. The molecule has 27 heavy (non-hydrogen) atoms. The highest BCUT2D eigenvalue weighted by Crippen LogP contribution is 2.16. The van der Waals surface area contributed by atoms with E-state index in [1.807, 2.05) is 20.0 Å². The summed E-state index contributed by atoms with van der Waals surface area (Å²) in [6.45, 7) is 12.5. The van der Waals surface area contributed by atoms with E-state index in [-0.39, 0.29) is 24.0 Å². The smallest absolute Gasteiger partial charge is 0.193 e. The molecule has 0 aliphatic carbocycles. The minimum Gasteiger partial charge on any atom is -0.361 e. The quantitative estimate of drug-likeness (QED) is 0.388. The SMILES string of the molecule is CCN1CCCCC1CNC(=NC)N1CCN(Cc2cc(C)on2)CC1.I. The maximum absolute atomic E-state index is 5.17. The largest absolute Gasteiger partial charge is 0.361 e. The van der Waals surface area contributed by atoms with Crippen LogP contribution in [0.3, 0.4) is 0 Å². The Bertz CT molecular complexity index is 585. The van der Waals surface area contributed by atoms with Crippen LogP contribution in [0.2, 0.25) is 0 Å². The van der Waals surface area contributed by atoms with Gasteiger partial charge in [-0.05, 0) is 32.9 Å². The van der Waals surface area contributed by atoms with Gasteiger partial charge in [-0.15, -0.1) is 24.0 Å². The molecule has 0 radical (unpaired) electrons. The van der Waals surface area contributed by atoms with Gasteiger partial charge in [0.05, 0.1) is 5.69 Å². The molecular formula is C19H35IN6O. The zero-order valence-corrected chi connectivity index (χ0v) is 19.3. The van der Waals surface area contributed by atoms with Gasteiger partial charge >= 0.3 is 0 Å². The average molecular weight is 490 g/mol. The minimum absolute atomic E-state index is 0. The highest BCUT2D eigenvalue weighted by atomic mass is 127. The Morgan fingerprint density at radius 1 is 1.26 bits per heavy atom. The molecule has 2 aliphatic heterocycles. The summed E-state index contributed by atoms with van der Waals surface area (Å²) in [5.41, 5.74) is 1.02. The summed E-state index contributed by atoms with van der Waals surface area (Å²) in [6, 6.07) is 2.67. The molecule has 3 heterocycles. The molecule has 0 saturated carbocycles. The second-order valence-electron chi connectivity index (χ2n) is 7.40. The van der Waals surface area contributed by atoms with Crippen molar-refractivity contribution in [2.45, 2.75) is 45.7 Å². The Hall–Kier alpha value is -0.870. The maximum atomic E-state index is 5.17. The molecule has 1 aromatic rings. The van der Waals surface area contributed by atoms with Crippen molar-refractivity contribution in [2.24, 2.45) is 4.99 Å². The van der Waals surface area contributed by atoms with Crippen molar-refractivity contribution in [1.82, 2.24) is 25.2 Å². The third-order valence-corrected chi connectivity index (χ3v) is 5.60. The van der Waals surface area contributed by atoms with Gasteiger partial charge in [-0.1, -0.05) is 18.5 Å². The molecule has 0 spiro atoms. The highest BCUT2D eigenvalue weighted by Gasteiger charge is 2.24. The Kier molecular flexibility index (Phi) is 9.31. The molecule has 0 aromatic carbocycles. The number of rotatable bonds is 5. The average Bonchev–Trinajstić information content (AvgIpc) is 3.08. The number of hydrogen-bond donors (Lipinski definition) is 1. The van der Waals surface area contributed by atoms with Crippen LogP contribution in [0, 0.1) is 6.92 Å². The second kappa shape index (κ2) is 11.2. The Balaban J connectivity index is 0.00000261. The number of piperidine rings is 1. The molecule has 8 heteroatoms. The van der Waals surface area contributed by atoms with Crippen LogP contribution in [-0.2, 0) is 6.54 Å². The van der Waals surface area contributed by atoms with Gasteiger partial charge < -0.3 is 14.7 Å². The van der Waals surface area contributed by atoms with Gasteiger partial charge in [0.15, 0.2) is 5.96 Å². The van der Waals surface area contributed by atoms with Crippen LogP contribution < -0.4 is 5.32 Å². The van der Waals surface area contributed by atoms with Crippen LogP contribution in [0.15, 0.2) is 15.6 Å². The molecule has 154 valence electrons. The van der Waals surface area contributed by atoms with E-state index in [1.165, 1.54) is 25.8 Å². The summed E-state index contributed by atoms with van der Waals surface area (Å²) >= 11 is 0. The third kappa shape index (κ3) is 6.32. The lowest BCUT2D eigenvalue weighted by molar-refractivity contribution is 0.151. The summed E-state index contributed by atoms with van der Waals surface area (Å²) in [5, 5.41) is 7.73. The number of halogens is 1. The fourth-order valence-corrected chi connectivity index (χ4v) is 4.09.